The first-order valence-electron chi connectivity index (χ1n) is 11.4. The molecule has 1 unspecified atom stereocenters. The average molecular weight is 425 g/mol. The number of carbonyl (C=O) groups excluding carboxylic acids is 1. The molecule has 0 fully saturated rings. The van der Waals surface area contributed by atoms with Crippen LogP contribution < -0.4 is 10.2 Å². The van der Waals surface area contributed by atoms with Crippen molar-refractivity contribution in [3.63, 3.8) is 0 Å². The molecule has 0 spiro atoms. The Bertz CT molecular complexity index is 1360. The minimum Gasteiger partial charge on any atom is -0.366 e. The highest BCUT2D eigenvalue weighted by molar-refractivity contribution is 6.00. The number of hydrogen-bond donors (Lipinski definition) is 1. The molecule has 5 nitrogen and oxygen atoms in total. The molecule has 0 bridgehead atoms. The number of allylic oxidation sites excluding steroid dienone is 3. The minimum atomic E-state index is -0.167. The fraction of sp³-hybridized carbons (Fsp3) is 0.333. The molecular weight excluding hydrogens is 396 g/mol. The van der Waals surface area contributed by atoms with Crippen molar-refractivity contribution in [1.29, 1.82) is 0 Å². The van der Waals surface area contributed by atoms with E-state index in [4.69, 9.17) is 4.98 Å². The lowest BCUT2D eigenvalue weighted by atomic mass is 9.83. The highest BCUT2D eigenvalue weighted by Gasteiger charge is 2.37. The van der Waals surface area contributed by atoms with Gasteiger partial charge < -0.3 is 10.2 Å². The second-order valence-electron chi connectivity index (χ2n) is 9.81. The molecule has 0 radical (unpaired) electrons. The zero-order valence-electron chi connectivity index (χ0n) is 19.1. The van der Waals surface area contributed by atoms with Gasteiger partial charge in [-0.1, -0.05) is 24.3 Å². The van der Waals surface area contributed by atoms with Crippen molar-refractivity contribution >= 4 is 34.0 Å². The lowest BCUT2D eigenvalue weighted by Crippen LogP contribution is -2.42. The van der Waals surface area contributed by atoms with Crippen LogP contribution in [0.3, 0.4) is 0 Å². The number of nitrogens with zero attached hydrogens (tertiary/aromatic N) is 3. The van der Waals surface area contributed by atoms with E-state index in [0.29, 0.717) is 6.42 Å². The van der Waals surface area contributed by atoms with E-state index in [1.165, 1.54) is 16.8 Å². The number of imidazole rings is 1. The summed E-state index contributed by atoms with van der Waals surface area (Å²) < 4.78 is 2.22. The predicted molar refractivity (Wildman–Crippen MR) is 130 cm³/mol. The fourth-order valence-electron chi connectivity index (χ4n) is 5.63. The smallest absolute Gasteiger partial charge is 0.209 e. The summed E-state index contributed by atoms with van der Waals surface area (Å²) in [5.74, 6) is 1.07. The summed E-state index contributed by atoms with van der Waals surface area (Å²) >= 11 is 0. The molecule has 3 aliphatic rings. The largest absolute Gasteiger partial charge is 0.366 e. The zero-order chi connectivity index (χ0) is 22.2. The Morgan fingerprint density at radius 2 is 1.94 bits per heavy atom. The van der Waals surface area contributed by atoms with Crippen molar-refractivity contribution in [2.75, 3.05) is 17.3 Å². The molecule has 1 aliphatic carbocycles. The number of fused-ring (bicyclic) bond motifs is 4. The second kappa shape index (κ2) is 6.58. The molecule has 5 heteroatoms. The standard InChI is InChI=1S/C27H28N4O/c1-16-15-27(2,3)30(4)21-13-12-17(14-18(16)21)25-24-20(9-7-11-23(24)32)29-26-28-19-8-5-6-10-22(19)31(25)26/h5-6,8,10,12-15,25H,7,9,11H2,1-4H3,(H,28,29). The maximum absolute atomic E-state index is 13.2. The van der Waals surface area contributed by atoms with Gasteiger partial charge in [-0.3, -0.25) is 9.36 Å². The monoisotopic (exact) mass is 424 g/mol. The first-order chi connectivity index (χ1) is 15.3. The topological polar surface area (TPSA) is 50.2 Å². The molecule has 162 valence electrons. The maximum Gasteiger partial charge on any atom is 0.209 e. The van der Waals surface area contributed by atoms with E-state index >= 15 is 0 Å². The number of Topliss-reactive ketones (excluding diaryl/α,β-unsaturated/α-hetero) is 1. The Hall–Kier alpha value is -3.34. The number of carbonyl (C=O) groups is 1. The first kappa shape index (κ1) is 19.4. The number of para-hydroxylation sites is 2. The third-order valence-electron chi connectivity index (χ3n) is 7.40. The van der Waals surface area contributed by atoms with Crippen molar-refractivity contribution in [3.05, 3.63) is 70.9 Å². The molecule has 6 rings (SSSR count). The Kier molecular flexibility index (Phi) is 3.98. The van der Waals surface area contributed by atoms with Gasteiger partial charge in [0.05, 0.1) is 22.6 Å². The molecule has 0 saturated heterocycles. The highest BCUT2D eigenvalue weighted by Crippen LogP contribution is 2.45. The molecule has 1 atom stereocenters. The van der Waals surface area contributed by atoms with Crippen molar-refractivity contribution < 1.29 is 4.79 Å². The van der Waals surface area contributed by atoms with Crippen LogP contribution in [0.15, 0.2) is 59.8 Å². The van der Waals surface area contributed by atoms with E-state index in [9.17, 15) is 4.79 Å². The number of anilines is 2. The number of nitrogens with one attached hydrogen (secondary N) is 1. The minimum absolute atomic E-state index is 0.0316. The van der Waals surface area contributed by atoms with Gasteiger partial charge in [0.2, 0.25) is 5.95 Å². The Labute approximate surface area is 188 Å². The van der Waals surface area contributed by atoms with Crippen molar-refractivity contribution in [2.24, 2.45) is 0 Å². The summed E-state index contributed by atoms with van der Waals surface area (Å²) in [4.78, 5) is 20.4. The number of hydrogen-bond acceptors (Lipinski definition) is 4. The third kappa shape index (κ3) is 2.63. The molecule has 32 heavy (non-hydrogen) atoms. The third-order valence-corrected chi connectivity index (χ3v) is 7.40. The number of rotatable bonds is 1. The fourth-order valence-corrected chi connectivity index (χ4v) is 5.63. The van der Waals surface area contributed by atoms with Gasteiger partial charge in [-0.25, -0.2) is 4.98 Å². The summed E-state index contributed by atoms with van der Waals surface area (Å²) in [6.07, 6.45) is 4.72. The molecule has 0 amide bonds. The van der Waals surface area contributed by atoms with Crippen molar-refractivity contribution in [2.45, 2.75) is 51.6 Å². The highest BCUT2D eigenvalue weighted by atomic mass is 16.1. The van der Waals surface area contributed by atoms with Gasteiger partial charge in [-0.15, -0.1) is 0 Å². The van der Waals surface area contributed by atoms with Gasteiger partial charge in [0.25, 0.3) is 0 Å². The zero-order valence-corrected chi connectivity index (χ0v) is 19.1. The van der Waals surface area contributed by atoms with Crippen LogP contribution in [0.5, 0.6) is 0 Å². The lowest BCUT2D eigenvalue weighted by molar-refractivity contribution is -0.116. The predicted octanol–water partition coefficient (Wildman–Crippen LogP) is 5.69. The summed E-state index contributed by atoms with van der Waals surface area (Å²) in [6, 6.07) is 14.7. The molecule has 0 saturated carbocycles. The van der Waals surface area contributed by atoms with Gasteiger partial charge in [0, 0.05) is 36.0 Å². The van der Waals surface area contributed by atoms with E-state index in [2.05, 4.69) is 72.9 Å². The number of ketones is 1. The Morgan fingerprint density at radius 3 is 2.78 bits per heavy atom. The van der Waals surface area contributed by atoms with Crippen LogP contribution in [-0.4, -0.2) is 27.9 Å². The van der Waals surface area contributed by atoms with Crippen molar-refractivity contribution in [1.82, 2.24) is 9.55 Å². The summed E-state index contributed by atoms with van der Waals surface area (Å²) in [6.45, 7) is 6.66. The van der Waals surface area contributed by atoms with E-state index in [0.717, 1.165) is 46.7 Å². The lowest BCUT2D eigenvalue weighted by Gasteiger charge is -2.41. The summed E-state index contributed by atoms with van der Waals surface area (Å²) in [5, 5.41) is 3.50. The summed E-state index contributed by atoms with van der Waals surface area (Å²) in [5.41, 5.74) is 8.78. The van der Waals surface area contributed by atoms with Crippen LogP contribution in [0, 0.1) is 0 Å². The molecule has 1 N–H and O–H groups in total. The molecule has 3 aromatic rings. The maximum atomic E-state index is 13.2. The molecule has 3 heterocycles. The van der Waals surface area contributed by atoms with Gasteiger partial charge in [0.15, 0.2) is 5.78 Å². The van der Waals surface area contributed by atoms with Crippen LogP contribution in [0.25, 0.3) is 16.6 Å². The van der Waals surface area contributed by atoms with Crippen LogP contribution in [0.2, 0.25) is 0 Å². The van der Waals surface area contributed by atoms with E-state index in [-0.39, 0.29) is 17.4 Å². The van der Waals surface area contributed by atoms with Gasteiger partial charge in [-0.05, 0) is 69.0 Å². The molecule has 2 aromatic carbocycles. The van der Waals surface area contributed by atoms with Crippen molar-refractivity contribution in [3.8, 4) is 0 Å². The van der Waals surface area contributed by atoms with Crippen LogP contribution in [0.4, 0.5) is 11.6 Å². The van der Waals surface area contributed by atoms with Gasteiger partial charge >= 0.3 is 0 Å². The van der Waals surface area contributed by atoms with E-state index in [1.54, 1.807) is 0 Å². The average Bonchev–Trinajstić information content (AvgIpc) is 3.14. The number of likely N-dealkylation sites (N-methyl/N-ethyl adjacent to an activating group) is 1. The number of aromatic nitrogens is 2. The quantitative estimate of drug-likeness (QED) is 0.545. The molecule has 2 aliphatic heterocycles. The first-order valence-corrected chi connectivity index (χ1v) is 11.4. The van der Waals surface area contributed by atoms with Crippen LogP contribution >= 0.6 is 0 Å². The SMILES string of the molecule is CC1=CC(C)(C)N(C)c2ccc(C3C4=C(CCCC4=O)Nc4nc5ccccc5n43)cc21. The summed E-state index contributed by atoms with van der Waals surface area (Å²) in [7, 11) is 2.15. The molecular formula is C27H28N4O. The van der Waals surface area contributed by atoms with E-state index < -0.39 is 0 Å². The van der Waals surface area contributed by atoms with Gasteiger partial charge in [0.1, 0.15) is 0 Å². The van der Waals surface area contributed by atoms with E-state index in [1.807, 2.05) is 18.2 Å². The Balaban J connectivity index is 1.60. The Morgan fingerprint density at radius 1 is 1.12 bits per heavy atom. The number of benzene rings is 2. The second-order valence-corrected chi connectivity index (χ2v) is 9.81. The molecule has 1 aromatic heterocycles. The normalized spacial score (nSPS) is 21.6. The van der Waals surface area contributed by atoms with Crippen LogP contribution in [-0.2, 0) is 4.79 Å². The van der Waals surface area contributed by atoms with Gasteiger partial charge in [-0.2, -0.15) is 0 Å². The van der Waals surface area contributed by atoms with Crippen LogP contribution in [0.1, 0.15) is 57.2 Å².